The Kier molecular flexibility index (Phi) is 4.09. The highest BCUT2D eigenvalue weighted by Crippen LogP contribution is 2.46. The van der Waals surface area contributed by atoms with Crippen LogP contribution in [0.3, 0.4) is 0 Å². The third kappa shape index (κ3) is 2.68. The summed E-state index contributed by atoms with van der Waals surface area (Å²) in [4.78, 5) is 0. The summed E-state index contributed by atoms with van der Waals surface area (Å²) >= 11 is 0. The van der Waals surface area contributed by atoms with E-state index in [-0.39, 0.29) is 5.54 Å². The van der Waals surface area contributed by atoms with Crippen LogP contribution in [0.4, 0.5) is 0 Å². The maximum Gasteiger partial charge on any atom is 0.0576 e. The predicted octanol–water partition coefficient (Wildman–Crippen LogP) is 10.5. The van der Waals surface area contributed by atoms with Crippen molar-refractivity contribution in [1.29, 1.82) is 0 Å². The average molecular weight is 513 g/mol. The van der Waals surface area contributed by atoms with Crippen LogP contribution in [-0.4, -0.2) is 9.13 Å². The normalized spacial score (nSPS) is 12.9. The molecule has 0 aliphatic heterocycles. The summed E-state index contributed by atoms with van der Waals surface area (Å²) < 4.78 is 4.98. The molecule has 0 fully saturated rings. The van der Waals surface area contributed by atoms with E-state index in [4.69, 9.17) is 0 Å². The topological polar surface area (TPSA) is 9.86 Å². The second kappa shape index (κ2) is 7.43. The molecule has 0 unspecified atom stereocenters. The molecule has 0 aliphatic rings. The van der Waals surface area contributed by atoms with Gasteiger partial charge in [-0.1, -0.05) is 78.9 Å². The van der Waals surface area contributed by atoms with Crippen LogP contribution in [0, 0.1) is 0 Å². The van der Waals surface area contributed by atoms with Gasteiger partial charge in [-0.3, -0.25) is 0 Å². The van der Waals surface area contributed by atoms with Gasteiger partial charge in [-0.2, -0.15) is 0 Å². The summed E-state index contributed by atoms with van der Waals surface area (Å²) in [6.07, 6.45) is 0. The average Bonchev–Trinajstić information content (AvgIpc) is 3.49. The van der Waals surface area contributed by atoms with E-state index in [1.165, 1.54) is 81.6 Å². The number of rotatable bonds is 1. The van der Waals surface area contributed by atoms with Crippen molar-refractivity contribution in [3.05, 3.63) is 115 Å². The molecule has 7 aromatic carbocycles. The first-order chi connectivity index (χ1) is 19.5. The fourth-order valence-corrected chi connectivity index (χ4v) is 7.41. The molecule has 0 radical (unpaired) electrons. The molecule has 9 rings (SSSR count). The summed E-state index contributed by atoms with van der Waals surface area (Å²) in [7, 11) is 0. The van der Waals surface area contributed by atoms with Gasteiger partial charge >= 0.3 is 0 Å². The Morgan fingerprint density at radius 3 is 1.85 bits per heavy atom. The highest BCUT2D eigenvalue weighted by Gasteiger charge is 2.24. The molecule has 0 saturated carbocycles. The zero-order valence-electron chi connectivity index (χ0n) is 22.9. The summed E-state index contributed by atoms with van der Waals surface area (Å²) in [5, 5.41) is 13.3. The van der Waals surface area contributed by atoms with Crippen LogP contribution in [0.2, 0.25) is 0 Å². The van der Waals surface area contributed by atoms with Gasteiger partial charge in [-0.25, -0.2) is 0 Å². The molecule has 0 saturated heterocycles. The Bertz CT molecular complexity index is 2450. The van der Waals surface area contributed by atoms with E-state index in [9.17, 15) is 0 Å². The second-order valence-electron chi connectivity index (χ2n) is 12.2. The molecule has 9 aromatic rings. The van der Waals surface area contributed by atoms with Crippen molar-refractivity contribution in [2.75, 3.05) is 0 Å². The first kappa shape index (κ1) is 22.0. The van der Waals surface area contributed by atoms with Crippen molar-refractivity contribution < 1.29 is 0 Å². The summed E-state index contributed by atoms with van der Waals surface area (Å²) in [6, 6.07) is 42.7. The lowest BCUT2D eigenvalue weighted by Crippen LogP contribution is -2.21. The lowest BCUT2D eigenvalue weighted by atomic mass is 9.90. The molecule has 0 atom stereocenters. The predicted molar refractivity (Wildman–Crippen MR) is 172 cm³/mol. The van der Waals surface area contributed by atoms with Crippen molar-refractivity contribution in [2.45, 2.75) is 26.3 Å². The van der Waals surface area contributed by atoms with E-state index < -0.39 is 0 Å². The van der Waals surface area contributed by atoms with Crippen molar-refractivity contribution in [2.24, 2.45) is 0 Å². The van der Waals surface area contributed by atoms with Crippen molar-refractivity contribution in [1.82, 2.24) is 9.13 Å². The van der Waals surface area contributed by atoms with E-state index in [1.807, 2.05) is 0 Å². The molecule has 0 spiro atoms. The fraction of sp³-hybridized carbons (Fsp3) is 0.105. The second-order valence-corrected chi connectivity index (χ2v) is 12.2. The van der Waals surface area contributed by atoms with Gasteiger partial charge in [0.25, 0.3) is 0 Å². The molecular formula is C38H28N2. The van der Waals surface area contributed by atoms with Crippen LogP contribution < -0.4 is 0 Å². The number of benzene rings is 7. The lowest BCUT2D eigenvalue weighted by Gasteiger charge is -2.25. The van der Waals surface area contributed by atoms with E-state index in [0.717, 1.165) is 0 Å². The van der Waals surface area contributed by atoms with Gasteiger partial charge in [0.05, 0.1) is 16.6 Å². The number of hydrogen-bond donors (Lipinski definition) is 0. The maximum atomic E-state index is 2.56. The quantitative estimate of drug-likeness (QED) is 0.194. The number of para-hydroxylation sites is 3. The van der Waals surface area contributed by atoms with Crippen LogP contribution in [0.5, 0.6) is 0 Å². The number of fused-ring (bicyclic) bond motifs is 8. The van der Waals surface area contributed by atoms with Crippen LogP contribution in [0.15, 0.2) is 115 Å². The third-order valence-electron chi connectivity index (χ3n) is 8.85. The van der Waals surface area contributed by atoms with Crippen LogP contribution in [-0.2, 0) is 5.54 Å². The minimum Gasteiger partial charge on any atom is -0.335 e. The van der Waals surface area contributed by atoms with Gasteiger partial charge in [0.1, 0.15) is 0 Å². The molecule has 2 aromatic heterocycles. The Morgan fingerprint density at radius 2 is 1.07 bits per heavy atom. The summed E-state index contributed by atoms with van der Waals surface area (Å²) in [5.41, 5.74) is 6.27. The first-order valence-corrected chi connectivity index (χ1v) is 14.1. The minimum absolute atomic E-state index is 0.0550. The fourth-order valence-electron chi connectivity index (χ4n) is 7.41. The van der Waals surface area contributed by atoms with Crippen LogP contribution >= 0.6 is 0 Å². The molecule has 40 heavy (non-hydrogen) atoms. The number of hydrogen-bond acceptors (Lipinski definition) is 0. The third-order valence-corrected chi connectivity index (χ3v) is 8.85. The van der Waals surface area contributed by atoms with Crippen molar-refractivity contribution in [3.8, 4) is 5.69 Å². The molecule has 0 N–H and O–H groups in total. The van der Waals surface area contributed by atoms with Crippen molar-refractivity contribution in [3.63, 3.8) is 0 Å². The van der Waals surface area contributed by atoms with Gasteiger partial charge < -0.3 is 9.13 Å². The Hall–Kier alpha value is -4.82. The smallest absolute Gasteiger partial charge is 0.0576 e. The minimum atomic E-state index is -0.0550. The molecule has 2 nitrogen and oxygen atoms in total. The maximum absolute atomic E-state index is 2.56. The molecule has 0 aliphatic carbocycles. The van der Waals surface area contributed by atoms with Gasteiger partial charge in [0, 0.05) is 43.7 Å². The van der Waals surface area contributed by atoms with Crippen LogP contribution in [0.1, 0.15) is 20.8 Å². The molecule has 190 valence electrons. The largest absolute Gasteiger partial charge is 0.335 e. The van der Waals surface area contributed by atoms with Gasteiger partial charge in [-0.05, 0) is 84.1 Å². The first-order valence-electron chi connectivity index (χ1n) is 14.1. The zero-order valence-corrected chi connectivity index (χ0v) is 22.9. The Morgan fingerprint density at radius 1 is 0.450 bits per heavy atom. The Balaban J connectivity index is 1.53. The Labute approximate surface area is 232 Å². The van der Waals surface area contributed by atoms with E-state index in [0.29, 0.717) is 0 Å². The highest BCUT2D eigenvalue weighted by molar-refractivity contribution is 6.36. The van der Waals surface area contributed by atoms with E-state index >= 15 is 0 Å². The number of nitrogens with zero attached hydrogens (tertiary/aromatic N) is 2. The van der Waals surface area contributed by atoms with Gasteiger partial charge in [0.2, 0.25) is 0 Å². The SMILES string of the molecule is CC(C)(C)n1c2ccccc2c2cc3ccc4cc5c(c6ccc(c3c46)c21)c1ccccc1n5-c1ccccc1. The monoisotopic (exact) mass is 512 g/mol. The molecule has 0 bridgehead atoms. The molecule has 2 heterocycles. The summed E-state index contributed by atoms with van der Waals surface area (Å²) in [6.45, 7) is 6.95. The molecule has 0 amide bonds. The van der Waals surface area contributed by atoms with E-state index in [1.54, 1.807) is 0 Å². The molecular weight excluding hydrogens is 484 g/mol. The zero-order chi connectivity index (χ0) is 26.7. The lowest BCUT2D eigenvalue weighted by molar-refractivity contribution is 0.424. The number of aromatic nitrogens is 2. The van der Waals surface area contributed by atoms with Crippen molar-refractivity contribution >= 4 is 75.9 Å². The van der Waals surface area contributed by atoms with Gasteiger partial charge in [0.15, 0.2) is 0 Å². The standard InChI is InChI=1S/C38H28N2/c1-38(2,3)40-32-16-10-7-13-26(32)30-21-23-17-18-24-22-33-36(28-19-20-29(37(30)40)35(23)34(24)28)27-14-8-9-15-31(27)39(33)25-11-5-4-6-12-25/h4-22H,1-3H3. The highest BCUT2D eigenvalue weighted by atomic mass is 15.0. The van der Waals surface area contributed by atoms with Gasteiger partial charge in [-0.15, -0.1) is 0 Å². The van der Waals surface area contributed by atoms with E-state index in [2.05, 4.69) is 145 Å². The molecule has 2 heteroatoms. The van der Waals surface area contributed by atoms with Crippen LogP contribution in [0.25, 0.3) is 81.6 Å². The summed E-state index contributed by atoms with van der Waals surface area (Å²) in [5.74, 6) is 0.